The predicted molar refractivity (Wildman–Crippen MR) is 75.4 cm³/mol. The zero-order valence-electron chi connectivity index (χ0n) is 12.0. The minimum atomic E-state index is -4.50. The highest BCUT2D eigenvalue weighted by atomic mass is 19.4. The van der Waals surface area contributed by atoms with Crippen molar-refractivity contribution >= 4 is 11.7 Å². The lowest BCUT2D eigenvalue weighted by atomic mass is 9.91. The van der Waals surface area contributed by atoms with Crippen molar-refractivity contribution in [3.8, 4) is 0 Å². The van der Waals surface area contributed by atoms with E-state index in [1.807, 2.05) is 4.90 Å². The Morgan fingerprint density at radius 2 is 1.86 bits per heavy atom. The van der Waals surface area contributed by atoms with Gasteiger partial charge in [0.1, 0.15) is 17.3 Å². The first-order valence-electron chi connectivity index (χ1n) is 6.86. The summed E-state index contributed by atoms with van der Waals surface area (Å²) in [6, 6.07) is 2.11. The van der Waals surface area contributed by atoms with Crippen molar-refractivity contribution in [3.05, 3.63) is 23.4 Å². The van der Waals surface area contributed by atoms with Gasteiger partial charge in [-0.25, -0.2) is 4.98 Å². The van der Waals surface area contributed by atoms with Crippen molar-refractivity contribution < 1.29 is 13.2 Å². The van der Waals surface area contributed by atoms with Gasteiger partial charge in [-0.3, -0.25) is 5.41 Å². The Balaban J connectivity index is 2.45. The van der Waals surface area contributed by atoms with Gasteiger partial charge in [0.05, 0.1) is 5.56 Å². The van der Waals surface area contributed by atoms with Crippen LogP contribution in [0.1, 0.15) is 31.5 Å². The monoisotopic (exact) mass is 300 g/mol. The van der Waals surface area contributed by atoms with Crippen LogP contribution < -0.4 is 10.6 Å². The summed E-state index contributed by atoms with van der Waals surface area (Å²) in [5.41, 5.74) is 4.79. The molecule has 1 aliphatic rings. The molecule has 0 aromatic carbocycles. The molecule has 2 heterocycles. The van der Waals surface area contributed by atoms with Crippen LogP contribution in [0.3, 0.4) is 0 Å². The maximum absolute atomic E-state index is 12.9. The summed E-state index contributed by atoms with van der Waals surface area (Å²) >= 11 is 0. The lowest BCUT2D eigenvalue weighted by molar-refractivity contribution is -0.141. The molecule has 21 heavy (non-hydrogen) atoms. The molecule has 0 spiro atoms. The molecule has 0 saturated carbocycles. The first kappa shape index (κ1) is 15.6. The zero-order valence-corrected chi connectivity index (χ0v) is 12.0. The number of amidine groups is 1. The van der Waals surface area contributed by atoms with E-state index in [9.17, 15) is 13.2 Å². The second-order valence-electron chi connectivity index (χ2n) is 5.83. The molecule has 3 N–H and O–H groups in total. The first-order valence-corrected chi connectivity index (χ1v) is 6.86. The maximum atomic E-state index is 12.9. The van der Waals surface area contributed by atoms with Crippen molar-refractivity contribution in [3.63, 3.8) is 0 Å². The number of piperidine rings is 1. The van der Waals surface area contributed by atoms with Crippen LogP contribution in [0.15, 0.2) is 12.1 Å². The van der Waals surface area contributed by atoms with Gasteiger partial charge in [0.2, 0.25) is 0 Å². The first-order chi connectivity index (χ1) is 9.68. The van der Waals surface area contributed by atoms with Gasteiger partial charge in [0.25, 0.3) is 0 Å². The Labute approximate surface area is 121 Å². The van der Waals surface area contributed by atoms with Crippen molar-refractivity contribution in [1.29, 1.82) is 5.41 Å². The number of nitrogens with one attached hydrogen (secondary N) is 1. The van der Waals surface area contributed by atoms with Crippen molar-refractivity contribution in [1.82, 2.24) is 4.98 Å². The average molecular weight is 300 g/mol. The Morgan fingerprint density at radius 3 is 2.33 bits per heavy atom. The Bertz CT molecular complexity index is 532. The van der Waals surface area contributed by atoms with Gasteiger partial charge in [-0.05, 0) is 30.4 Å². The van der Waals surface area contributed by atoms with Crippen molar-refractivity contribution in [2.24, 2.45) is 17.6 Å². The number of nitrogens with two attached hydrogens (primary N) is 1. The quantitative estimate of drug-likeness (QED) is 0.652. The number of hydrogen-bond acceptors (Lipinski definition) is 3. The molecular weight excluding hydrogens is 281 g/mol. The molecule has 1 aliphatic heterocycles. The van der Waals surface area contributed by atoms with Crippen molar-refractivity contribution in [2.45, 2.75) is 26.4 Å². The smallest absolute Gasteiger partial charge is 0.384 e. The van der Waals surface area contributed by atoms with Crippen LogP contribution in [0, 0.1) is 17.2 Å². The summed E-state index contributed by atoms with van der Waals surface area (Å²) in [6.45, 7) is 5.37. The summed E-state index contributed by atoms with van der Waals surface area (Å²) in [6.07, 6.45) is -3.47. The molecule has 1 aromatic rings. The highest BCUT2D eigenvalue weighted by Crippen LogP contribution is 2.32. The van der Waals surface area contributed by atoms with Crippen LogP contribution in [-0.4, -0.2) is 23.9 Å². The lowest BCUT2D eigenvalue weighted by Crippen LogP contribution is -2.40. The second kappa shape index (κ2) is 5.54. The number of alkyl halides is 3. The molecular formula is C14H19F3N4. The molecule has 1 aromatic heterocycles. The van der Waals surface area contributed by atoms with E-state index in [-0.39, 0.29) is 17.2 Å². The van der Waals surface area contributed by atoms with Gasteiger partial charge in [0, 0.05) is 13.1 Å². The molecule has 2 rings (SSSR count). The van der Waals surface area contributed by atoms with Gasteiger partial charge in [-0.15, -0.1) is 0 Å². The number of nitrogens with zero attached hydrogens (tertiary/aromatic N) is 2. The number of aromatic nitrogens is 1. The number of halogens is 3. The normalized spacial score (nSPS) is 23.2. The van der Waals surface area contributed by atoms with E-state index in [0.717, 1.165) is 12.5 Å². The van der Waals surface area contributed by atoms with Gasteiger partial charge >= 0.3 is 6.18 Å². The molecule has 4 nitrogen and oxygen atoms in total. The molecule has 116 valence electrons. The van der Waals surface area contributed by atoms with Crippen LogP contribution in [0.25, 0.3) is 0 Å². The number of pyridine rings is 1. The molecule has 1 fully saturated rings. The van der Waals surface area contributed by atoms with E-state index in [4.69, 9.17) is 11.1 Å². The largest absolute Gasteiger partial charge is 0.433 e. The van der Waals surface area contributed by atoms with Crippen LogP contribution in [0.2, 0.25) is 0 Å². The highest BCUT2D eigenvalue weighted by Gasteiger charge is 2.34. The average Bonchev–Trinajstić information content (AvgIpc) is 2.35. The van der Waals surface area contributed by atoms with E-state index in [1.54, 1.807) is 0 Å². The number of anilines is 1. The Hall–Kier alpha value is -1.79. The molecule has 0 amide bonds. The molecule has 2 unspecified atom stereocenters. The van der Waals surface area contributed by atoms with Gasteiger partial charge in [-0.1, -0.05) is 13.8 Å². The molecule has 2 atom stereocenters. The van der Waals surface area contributed by atoms with Gasteiger partial charge < -0.3 is 10.6 Å². The van der Waals surface area contributed by atoms with Crippen molar-refractivity contribution in [2.75, 3.05) is 18.0 Å². The van der Waals surface area contributed by atoms with Gasteiger partial charge in [-0.2, -0.15) is 13.2 Å². The van der Waals surface area contributed by atoms with E-state index in [2.05, 4.69) is 18.8 Å². The fourth-order valence-corrected chi connectivity index (χ4v) is 2.89. The van der Waals surface area contributed by atoms with E-state index in [1.165, 1.54) is 6.07 Å². The van der Waals surface area contributed by atoms with Crippen LogP contribution in [0.4, 0.5) is 19.0 Å². The summed E-state index contributed by atoms with van der Waals surface area (Å²) in [5, 5.41) is 7.55. The number of nitrogen functional groups attached to an aromatic ring is 1. The lowest BCUT2D eigenvalue weighted by Gasteiger charge is -2.36. The standard InChI is InChI=1S/C14H19F3N4/c1-8-5-9(2)7-21(6-8)13-10(12(18)19)3-4-11(20-13)14(15,16)17/h3-4,8-9H,5-7H2,1-2H3,(H3,18,19). The van der Waals surface area contributed by atoms with Crippen LogP contribution in [-0.2, 0) is 6.18 Å². The van der Waals surface area contributed by atoms with Gasteiger partial charge in [0.15, 0.2) is 0 Å². The second-order valence-corrected chi connectivity index (χ2v) is 5.83. The van der Waals surface area contributed by atoms with Crippen LogP contribution >= 0.6 is 0 Å². The van der Waals surface area contributed by atoms with E-state index in [0.29, 0.717) is 24.9 Å². The van der Waals surface area contributed by atoms with E-state index >= 15 is 0 Å². The number of rotatable bonds is 2. The zero-order chi connectivity index (χ0) is 15.8. The molecule has 7 heteroatoms. The molecule has 0 aliphatic carbocycles. The minimum Gasteiger partial charge on any atom is -0.384 e. The van der Waals surface area contributed by atoms with Crippen LogP contribution in [0.5, 0.6) is 0 Å². The third kappa shape index (κ3) is 3.46. The highest BCUT2D eigenvalue weighted by molar-refractivity contribution is 5.99. The minimum absolute atomic E-state index is 0.163. The predicted octanol–water partition coefficient (Wildman–Crippen LogP) is 2.87. The third-order valence-electron chi connectivity index (χ3n) is 3.62. The molecule has 0 bridgehead atoms. The summed E-state index contributed by atoms with van der Waals surface area (Å²) in [4.78, 5) is 5.55. The summed E-state index contributed by atoms with van der Waals surface area (Å²) in [7, 11) is 0. The Kier molecular flexibility index (Phi) is 4.11. The fraction of sp³-hybridized carbons (Fsp3) is 0.571. The van der Waals surface area contributed by atoms with E-state index < -0.39 is 11.9 Å². The fourth-order valence-electron chi connectivity index (χ4n) is 2.89. The molecule has 1 saturated heterocycles. The molecule has 0 radical (unpaired) electrons. The number of hydrogen-bond donors (Lipinski definition) is 2. The topological polar surface area (TPSA) is 66.0 Å². The SMILES string of the molecule is CC1CC(C)CN(c2nc(C(F)(F)F)ccc2C(=N)N)C1. The Morgan fingerprint density at radius 1 is 1.29 bits per heavy atom. The summed E-state index contributed by atoms with van der Waals surface area (Å²) < 4.78 is 38.6. The third-order valence-corrected chi connectivity index (χ3v) is 3.62. The summed E-state index contributed by atoms with van der Waals surface area (Å²) in [5.74, 6) is 0.627. The maximum Gasteiger partial charge on any atom is 0.433 e.